The van der Waals surface area contributed by atoms with Crippen molar-refractivity contribution in [1.29, 1.82) is 0 Å². The minimum Gasteiger partial charge on any atom is -0.491 e. The van der Waals surface area contributed by atoms with Crippen molar-refractivity contribution in [1.82, 2.24) is 0 Å². The highest BCUT2D eigenvalue weighted by Gasteiger charge is 2.14. The van der Waals surface area contributed by atoms with E-state index in [-0.39, 0.29) is 5.69 Å². The number of benzene rings is 1. The molecule has 0 unspecified atom stereocenters. The molecule has 6 heteroatoms. The average Bonchev–Trinajstić information content (AvgIpc) is 2.16. The van der Waals surface area contributed by atoms with E-state index in [9.17, 15) is 13.6 Å². The smallest absolute Gasteiger partial charge is 0.241 e. The number of nitrogens with one attached hydrogen (secondary N) is 1. The number of halogens is 2. The Labute approximate surface area is 91.4 Å². The van der Waals surface area contributed by atoms with E-state index in [1.807, 2.05) is 0 Å². The predicted octanol–water partition coefficient (Wildman–Crippen LogP) is 1.26. The molecule has 0 fully saturated rings. The van der Waals surface area contributed by atoms with E-state index in [4.69, 9.17) is 5.73 Å². The van der Waals surface area contributed by atoms with Crippen LogP contribution in [0.15, 0.2) is 12.1 Å². The highest BCUT2D eigenvalue weighted by atomic mass is 19.1. The molecule has 0 heterocycles. The second-order valence-electron chi connectivity index (χ2n) is 3.25. The first-order valence-corrected chi connectivity index (χ1v) is 4.55. The second-order valence-corrected chi connectivity index (χ2v) is 3.25. The maximum Gasteiger partial charge on any atom is 0.241 e. The number of hydrogen-bond acceptors (Lipinski definition) is 3. The summed E-state index contributed by atoms with van der Waals surface area (Å²) in [5.41, 5.74) is 5.29. The van der Waals surface area contributed by atoms with Crippen molar-refractivity contribution in [3.05, 3.63) is 23.8 Å². The lowest BCUT2D eigenvalue weighted by Crippen LogP contribution is -2.32. The number of nitrogens with two attached hydrogens (primary N) is 1. The van der Waals surface area contributed by atoms with Crippen molar-refractivity contribution in [2.45, 2.75) is 13.0 Å². The number of methoxy groups -OCH3 is 1. The van der Waals surface area contributed by atoms with Crippen molar-refractivity contribution in [2.75, 3.05) is 12.4 Å². The fourth-order valence-electron chi connectivity index (χ4n) is 1.08. The summed E-state index contributed by atoms with van der Waals surface area (Å²) in [6.45, 7) is 1.46. The van der Waals surface area contributed by atoms with Crippen molar-refractivity contribution < 1.29 is 18.3 Å². The molecule has 4 nitrogen and oxygen atoms in total. The number of rotatable bonds is 3. The van der Waals surface area contributed by atoms with Gasteiger partial charge < -0.3 is 15.8 Å². The van der Waals surface area contributed by atoms with Crippen LogP contribution in [-0.4, -0.2) is 19.1 Å². The van der Waals surface area contributed by atoms with Gasteiger partial charge in [-0.2, -0.15) is 0 Å². The van der Waals surface area contributed by atoms with E-state index in [2.05, 4.69) is 10.1 Å². The maximum absolute atomic E-state index is 13.2. The molecule has 0 saturated heterocycles. The SMILES string of the molecule is COc1c(F)cc(NC(=O)[C@@H](C)N)cc1F. The largest absolute Gasteiger partial charge is 0.491 e. The Morgan fingerprint density at radius 2 is 1.94 bits per heavy atom. The molecule has 0 aliphatic carbocycles. The molecule has 0 saturated carbocycles. The first kappa shape index (κ1) is 12.4. The summed E-state index contributed by atoms with van der Waals surface area (Å²) in [6.07, 6.45) is 0. The topological polar surface area (TPSA) is 64.3 Å². The standard InChI is InChI=1S/C10H12F2N2O2/c1-5(13)10(15)14-6-3-7(11)9(16-2)8(12)4-6/h3-5H,13H2,1-2H3,(H,14,15)/t5-/m1/s1. The molecule has 1 aromatic carbocycles. The van der Waals surface area contributed by atoms with Crippen LogP contribution in [0.3, 0.4) is 0 Å². The van der Waals surface area contributed by atoms with Gasteiger partial charge in [-0.05, 0) is 6.92 Å². The molecule has 0 aliphatic rings. The highest BCUT2D eigenvalue weighted by molar-refractivity contribution is 5.94. The van der Waals surface area contributed by atoms with Gasteiger partial charge in [0.15, 0.2) is 17.4 Å². The molecule has 3 N–H and O–H groups in total. The van der Waals surface area contributed by atoms with Crippen LogP contribution in [0.2, 0.25) is 0 Å². The van der Waals surface area contributed by atoms with Crippen LogP contribution in [-0.2, 0) is 4.79 Å². The van der Waals surface area contributed by atoms with Crippen molar-refractivity contribution in [3.63, 3.8) is 0 Å². The van der Waals surface area contributed by atoms with E-state index in [1.165, 1.54) is 6.92 Å². The Morgan fingerprint density at radius 3 is 2.31 bits per heavy atom. The van der Waals surface area contributed by atoms with Crippen molar-refractivity contribution in [3.8, 4) is 5.75 Å². The molecular weight excluding hydrogens is 218 g/mol. The minimum absolute atomic E-state index is 0.00176. The Kier molecular flexibility index (Phi) is 3.78. The monoisotopic (exact) mass is 230 g/mol. The molecule has 0 bridgehead atoms. The summed E-state index contributed by atoms with van der Waals surface area (Å²) < 4.78 is 30.9. The first-order chi connectivity index (χ1) is 7.45. The Bertz CT molecular complexity index is 385. The van der Waals surface area contributed by atoms with E-state index in [1.54, 1.807) is 0 Å². The van der Waals surface area contributed by atoms with Gasteiger partial charge in [0.05, 0.1) is 13.2 Å². The van der Waals surface area contributed by atoms with E-state index >= 15 is 0 Å². The molecule has 0 radical (unpaired) electrons. The Hall–Kier alpha value is -1.69. The third-order valence-corrected chi connectivity index (χ3v) is 1.88. The average molecular weight is 230 g/mol. The number of hydrogen-bond donors (Lipinski definition) is 2. The lowest BCUT2D eigenvalue weighted by molar-refractivity contribution is -0.117. The third kappa shape index (κ3) is 2.66. The maximum atomic E-state index is 13.2. The van der Waals surface area contributed by atoms with Gasteiger partial charge in [-0.1, -0.05) is 0 Å². The summed E-state index contributed by atoms with van der Waals surface area (Å²) in [6, 6.07) is 1.16. The fraction of sp³-hybridized carbons (Fsp3) is 0.300. The van der Waals surface area contributed by atoms with Crippen LogP contribution < -0.4 is 15.8 Å². The lowest BCUT2D eigenvalue weighted by Gasteiger charge is -2.10. The molecule has 16 heavy (non-hydrogen) atoms. The van der Waals surface area contributed by atoms with Gasteiger partial charge in [0, 0.05) is 17.8 Å². The quantitative estimate of drug-likeness (QED) is 0.821. The van der Waals surface area contributed by atoms with Crippen LogP contribution in [0.25, 0.3) is 0 Å². The molecule has 1 atom stereocenters. The van der Waals surface area contributed by atoms with Crippen LogP contribution in [0.1, 0.15) is 6.92 Å². The molecule has 0 spiro atoms. The van der Waals surface area contributed by atoms with Crippen LogP contribution in [0, 0.1) is 11.6 Å². The Balaban J connectivity index is 2.96. The zero-order valence-corrected chi connectivity index (χ0v) is 8.88. The number of anilines is 1. The number of carbonyl (C=O) groups excluding carboxylic acids is 1. The van der Waals surface area contributed by atoms with E-state index < -0.39 is 29.3 Å². The highest BCUT2D eigenvalue weighted by Crippen LogP contribution is 2.25. The molecule has 0 aliphatic heterocycles. The molecular formula is C10H12F2N2O2. The molecule has 0 aromatic heterocycles. The molecule has 1 rings (SSSR count). The predicted molar refractivity (Wildman–Crippen MR) is 55.2 cm³/mol. The van der Waals surface area contributed by atoms with Gasteiger partial charge >= 0.3 is 0 Å². The molecule has 88 valence electrons. The third-order valence-electron chi connectivity index (χ3n) is 1.88. The van der Waals surface area contributed by atoms with E-state index in [0.717, 1.165) is 19.2 Å². The molecule has 1 amide bonds. The van der Waals surface area contributed by atoms with Gasteiger partial charge in [0.1, 0.15) is 0 Å². The number of ether oxygens (including phenoxy) is 1. The Morgan fingerprint density at radius 1 is 1.44 bits per heavy atom. The van der Waals surface area contributed by atoms with E-state index in [0.29, 0.717) is 0 Å². The van der Waals surface area contributed by atoms with Crippen LogP contribution in [0.5, 0.6) is 5.75 Å². The molecule has 1 aromatic rings. The zero-order valence-electron chi connectivity index (χ0n) is 8.88. The summed E-state index contributed by atoms with van der Waals surface area (Å²) in [7, 11) is 1.15. The summed E-state index contributed by atoms with van der Waals surface area (Å²) in [5.74, 6) is -2.78. The summed E-state index contributed by atoms with van der Waals surface area (Å²) in [4.78, 5) is 11.2. The zero-order chi connectivity index (χ0) is 12.3. The van der Waals surface area contributed by atoms with Crippen molar-refractivity contribution >= 4 is 11.6 Å². The van der Waals surface area contributed by atoms with Gasteiger partial charge in [-0.3, -0.25) is 4.79 Å². The first-order valence-electron chi connectivity index (χ1n) is 4.55. The van der Waals surface area contributed by atoms with Crippen molar-refractivity contribution in [2.24, 2.45) is 5.73 Å². The van der Waals surface area contributed by atoms with Gasteiger partial charge in [-0.25, -0.2) is 8.78 Å². The second kappa shape index (κ2) is 4.89. The summed E-state index contributed by atoms with van der Waals surface area (Å²) >= 11 is 0. The van der Waals surface area contributed by atoms with Gasteiger partial charge in [0.2, 0.25) is 5.91 Å². The van der Waals surface area contributed by atoms with Gasteiger partial charge in [0.25, 0.3) is 0 Å². The summed E-state index contributed by atoms with van der Waals surface area (Å²) in [5, 5.41) is 2.27. The van der Waals surface area contributed by atoms with Crippen LogP contribution >= 0.6 is 0 Å². The fourth-order valence-corrected chi connectivity index (χ4v) is 1.08. The number of carbonyl (C=O) groups is 1. The number of amides is 1. The normalized spacial score (nSPS) is 12.1. The minimum atomic E-state index is -0.887. The van der Waals surface area contributed by atoms with Gasteiger partial charge in [-0.15, -0.1) is 0 Å². The lowest BCUT2D eigenvalue weighted by atomic mass is 10.2. The van der Waals surface area contributed by atoms with Crippen LogP contribution in [0.4, 0.5) is 14.5 Å².